The summed E-state index contributed by atoms with van der Waals surface area (Å²) in [6.07, 6.45) is 0.955. The Bertz CT molecular complexity index is 796. The summed E-state index contributed by atoms with van der Waals surface area (Å²) < 4.78 is 34.6. The second-order valence-corrected chi connectivity index (χ2v) is 6.68. The molecular formula is C21H25F2N3O2. The zero-order valence-electron chi connectivity index (χ0n) is 16.1. The van der Waals surface area contributed by atoms with Crippen molar-refractivity contribution < 1.29 is 18.3 Å². The van der Waals surface area contributed by atoms with Crippen molar-refractivity contribution in [2.75, 3.05) is 27.2 Å². The zero-order valence-corrected chi connectivity index (χ0v) is 16.1. The Morgan fingerprint density at radius 1 is 1.25 bits per heavy atom. The molecule has 0 saturated heterocycles. The van der Waals surface area contributed by atoms with Gasteiger partial charge in [0, 0.05) is 33.1 Å². The van der Waals surface area contributed by atoms with Crippen LogP contribution in [0, 0.1) is 0 Å². The molecule has 150 valence electrons. The van der Waals surface area contributed by atoms with E-state index in [9.17, 15) is 8.78 Å². The number of hydrogen-bond acceptors (Lipinski definition) is 3. The highest BCUT2D eigenvalue weighted by molar-refractivity contribution is 5.79. The van der Waals surface area contributed by atoms with E-state index < -0.39 is 6.61 Å². The van der Waals surface area contributed by atoms with E-state index in [0.29, 0.717) is 19.1 Å². The standard InChI is InChI=1S/C21H25F2N3O2/c1-24-21(25-13-16-11-12-27-19-6-4-3-5-18(16)19)26(2)14-15-7-9-17(10-8-15)28-20(22)23/h3-10,16,20H,11-14H2,1-2H3,(H,24,25). The third kappa shape index (κ3) is 5.12. The van der Waals surface area contributed by atoms with Crippen molar-refractivity contribution in [1.29, 1.82) is 0 Å². The van der Waals surface area contributed by atoms with Gasteiger partial charge >= 0.3 is 6.61 Å². The first kappa shape index (κ1) is 19.9. The number of nitrogens with one attached hydrogen (secondary N) is 1. The fraction of sp³-hybridized carbons (Fsp3) is 0.381. The lowest BCUT2D eigenvalue weighted by Crippen LogP contribution is -2.40. The number of nitrogens with zero attached hydrogens (tertiary/aromatic N) is 2. The SMILES string of the molecule is CN=C(NCC1CCOc2ccccc21)N(C)Cc1ccc(OC(F)F)cc1. The van der Waals surface area contributed by atoms with Crippen molar-refractivity contribution in [2.24, 2.45) is 4.99 Å². The maximum absolute atomic E-state index is 12.3. The number of aliphatic imine (C=N–C) groups is 1. The molecule has 1 heterocycles. The molecule has 28 heavy (non-hydrogen) atoms. The van der Waals surface area contributed by atoms with Gasteiger partial charge in [0.05, 0.1) is 6.61 Å². The van der Waals surface area contributed by atoms with E-state index in [2.05, 4.69) is 21.1 Å². The van der Waals surface area contributed by atoms with Crippen LogP contribution >= 0.6 is 0 Å². The van der Waals surface area contributed by atoms with Gasteiger partial charge in [0.2, 0.25) is 0 Å². The highest BCUT2D eigenvalue weighted by atomic mass is 19.3. The van der Waals surface area contributed by atoms with Crippen LogP contribution in [0.1, 0.15) is 23.5 Å². The lowest BCUT2D eigenvalue weighted by atomic mass is 9.93. The second-order valence-electron chi connectivity index (χ2n) is 6.68. The summed E-state index contributed by atoms with van der Waals surface area (Å²) in [6.45, 7) is -0.741. The molecule has 0 spiro atoms. The Kier molecular flexibility index (Phi) is 6.68. The second kappa shape index (κ2) is 9.39. The molecule has 5 nitrogen and oxygen atoms in total. The minimum Gasteiger partial charge on any atom is -0.493 e. The number of rotatable bonds is 6. The van der Waals surface area contributed by atoms with Crippen LogP contribution in [-0.2, 0) is 6.54 Å². The largest absolute Gasteiger partial charge is 0.493 e. The monoisotopic (exact) mass is 389 g/mol. The maximum atomic E-state index is 12.3. The lowest BCUT2D eigenvalue weighted by Gasteiger charge is -2.28. The Morgan fingerprint density at radius 2 is 2.00 bits per heavy atom. The van der Waals surface area contributed by atoms with Crippen LogP contribution in [0.5, 0.6) is 11.5 Å². The minimum absolute atomic E-state index is 0.155. The molecule has 0 amide bonds. The van der Waals surface area contributed by atoms with Gasteiger partial charge in [0.25, 0.3) is 0 Å². The van der Waals surface area contributed by atoms with Gasteiger partial charge in [-0.05, 0) is 35.7 Å². The number of alkyl halides is 2. The van der Waals surface area contributed by atoms with Crippen molar-refractivity contribution in [3.8, 4) is 11.5 Å². The van der Waals surface area contributed by atoms with Crippen molar-refractivity contribution in [3.05, 3.63) is 59.7 Å². The molecule has 1 aliphatic heterocycles. The first-order chi connectivity index (χ1) is 13.6. The number of benzene rings is 2. The molecule has 7 heteroatoms. The van der Waals surface area contributed by atoms with Crippen LogP contribution in [0.2, 0.25) is 0 Å². The summed E-state index contributed by atoms with van der Waals surface area (Å²) >= 11 is 0. The predicted octanol–water partition coefficient (Wildman–Crippen LogP) is 3.86. The Balaban J connectivity index is 1.57. The van der Waals surface area contributed by atoms with Crippen molar-refractivity contribution in [2.45, 2.75) is 25.5 Å². The van der Waals surface area contributed by atoms with Crippen molar-refractivity contribution in [3.63, 3.8) is 0 Å². The molecule has 0 aromatic heterocycles. The Hall–Kier alpha value is -2.83. The number of hydrogen-bond donors (Lipinski definition) is 1. The zero-order chi connectivity index (χ0) is 19.9. The van der Waals surface area contributed by atoms with Gasteiger partial charge in [-0.3, -0.25) is 4.99 Å². The van der Waals surface area contributed by atoms with Gasteiger partial charge in [0.15, 0.2) is 5.96 Å². The summed E-state index contributed by atoms with van der Waals surface area (Å²) in [5.41, 5.74) is 2.19. The molecule has 1 N–H and O–H groups in total. The summed E-state index contributed by atoms with van der Waals surface area (Å²) in [5, 5.41) is 3.43. The fourth-order valence-electron chi connectivity index (χ4n) is 3.35. The van der Waals surface area contributed by atoms with Gasteiger partial charge < -0.3 is 19.7 Å². The highest BCUT2D eigenvalue weighted by Gasteiger charge is 2.21. The lowest BCUT2D eigenvalue weighted by molar-refractivity contribution is -0.0498. The molecule has 0 aliphatic carbocycles. The van der Waals surface area contributed by atoms with E-state index in [4.69, 9.17) is 4.74 Å². The average Bonchev–Trinajstić information content (AvgIpc) is 2.69. The van der Waals surface area contributed by atoms with E-state index in [0.717, 1.165) is 30.2 Å². The van der Waals surface area contributed by atoms with Gasteiger partial charge in [-0.25, -0.2) is 0 Å². The first-order valence-electron chi connectivity index (χ1n) is 9.24. The third-order valence-corrected chi connectivity index (χ3v) is 4.73. The molecular weight excluding hydrogens is 364 g/mol. The molecule has 0 radical (unpaired) electrons. The van der Waals surface area contributed by atoms with E-state index >= 15 is 0 Å². The van der Waals surface area contributed by atoms with Gasteiger partial charge in [-0.15, -0.1) is 0 Å². The van der Waals surface area contributed by atoms with E-state index in [-0.39, 0.29) is 5.75 Å². The van der Waals surface area contributed by atoms with E-state index in [1.165, 1.54) is 5.56 Å². The molecule has 3 rings (SSSR count). The molecule has 1 unspecified atom stereocenters. The fourth-order valence-corrected chi connectivity index (χ4v) is 3.35. The molecule has 1 aliphatic rings. The third-order valence-electron chi connectivity index (χ3n) is 4.73. The van der Waals surface area contributed by atoms with Crippen LogP contribution in [0.3, 0.4) is 0 Å². The van der Waals surface area contributed by atoms with Gasteiger partial charge in [0.1, 0.15) is 11.5 Å². The highest BCUT2D eigenvalue weighted by Crippen LogP contribution is 2.32. The number of fused-ring (bicyclic) bond motifs is 1. The van der Waals surface area contributed by atoms with Crippen molar-refractivity contribution >= 4 is 5.96 Å². The van der Waals surface area contributed by atoms with Crippen LogP contribution in [0.25, 0.3) is 0 Å². The van der Waals surface area contributed by atoms with E-state index in [1.54, 1.807) is 31.3 Å². The van der Waals surface area contributed by atoms with Crippen molar-refractivity contribution in [1.82, 2.24) is 10.2 Å². The normalized spacial score (nSPS) is 16.3. The quantitative estimate of drug-likeness (QED) is 0.602. The number of ether oxygens (including phenoxy) is 2. The predicted molar refractivity (Wildman–Crippen MR) is 105 cm³/mol. The summed E-state index contributed by atoms with van der Waals surface area (Å²) in [5.74, 6) is 2.25. The molecule has 0 saturated carbocycles. The molecule has 2 aromatic rings. The topological polar surface area (TPSA) is 46.1 Å². The first-order valence-corrected chi connectivity index (χ1v) is 9.24. The molecule has 2 aromatic carbocycles. The van der Waals surface area contributed by atoms with Gasteiger partial charge in [-0.1, -0.05) is 30.3 Å². The average molecular weight is 389 g/mol. The molecule has 0 fully saturated rings. The summed E-state index contributed by atoms with van der Waals surface area (Å²) in [4.78, 5) is 6.35. The maximum Gasteiger partial charge on any atom is 0.387 e. The smallest absolute Gasteiger partial charge is 0.387 e. The number of halogens is 2. The number of para-hydroxylation sites is 1. The van der Waals surface area contributed by atoms with Crippen LogP contribution in [0.4, 0.5) is 8.78 Å². The van der Waals surface area contributed by atoms with E-state index in [1.807, 2.05) is 30.1 Å². The summed E-state index contributed by atoms with van der Waals surface area (Å²) in [6, 6.07) is 14.8. The molecule has 1 atom stereocenters. The summed E-state index contributed by atoms with van der Waals surface area (Å²) in [7, 11) is 3.69. The van der Waals surface area contributed by atoms with Gasteiger partial charge in [-0.2, -0.15) is 8.78 Å². The Morgan fingerprint density at radius 3 is 2.71 bits per heavy atom. The number of guanidine groups is 1. The van der Waals surface area contributed by atoms with Crippen LogP contribution < -0.4 is 14.8 Å². The minimum atomic E-state index is -2.81. The van der Waals surface area contributed by atoms with Crippen LogP contribution in [0.15, 0.2) is 53.5 Å². The van der Waals surface area contributed by atoms with Crippen LogP contribution in [-0.4, -0.2) is 44.7 Å². The Labute approximate surface area is 164 Å². The molecule has 0 bridgehead atoms.